The first kappa shape index (κ1) is 11.9. The molecular formula is C14H14O2S. The van der Waals surface area contributed by atoms with Gasteiger partial charge in [0, 0.05) is 10.6 Å². The van der Waals surface area contributed by atoms with Crippen molar-refractivity contribution < 1.29 is 9.84 Å². The summed E-state index contributed by atoms with van der Waals surface area (Å²) in [6, 6.07) is 17.2. The smallest absolute Gasteiger partial charge is 0.160 e. The van der Waals surface area contributed by atoms with Gasteiger partial charge in [0.05, 0.1) is 6.61 Å². The normalized spacial score (nSPS) is 10.1. The highest BCUT2D eigenvalue weighted by Gasteiger charge is 1.99. The third-order valence-corrected chi connectivity index (χ3v) is 3.19. The number of aromatic hydroxyl groups is 1. The first-order chi connectivity index (χ1) is 8.36. The van der Waals surface area contributed by atoms with E-state index in [9.17, 15) is 5.11 Å². The number of thioether (sulfide) groups is 1. The molecular weight excluding hydrogens is 232 g/mol. The molecule has 0 bridgehead atoms. The van der Waals surface area contributed by atoms with E-state index in [-0.39, 0.29) is 5.75 Å². The molecule has 17 heavy (non-hydrogen) atoms. The van der Waals surface area contributed by atoms with E-state index in [2.05, 4.69) is 12.1 Å². The van der Waals surface area contributed by atoms with Gasteiger partial charge in [0.25, 0.3) is 0 Å². The van der Waals surface area contributed by atoms with E-state index in [0.717, 1.165) is 5.75 Å². The topological polar surface area (TPSA) is 29.5 Å². The lowest BCUT2D eigenvalue weighted by Gasteiger charge is -2.07. The fourth-order valence-electron chi connectivity index (χ4n) is 1.41. The second-order valence-corrected chi connectivity index (χ2v) is 4.65. The minimum absolute atomic E-state index is 0.192. The Bertz CT molecular complexity index is 457. The van der Waals surface area contributed by atoms with Crippen LogP contribution in [0.25, 0.3) is 0 Å². The number of para-hydroxylation sites is 2. The summed E-state index contributed by atoms with van der Waals surface area (Å²) < 4.78 is 5.49. The number of ether oxygens (including phenoxy) is 1. The third-order valence-electron chi connectivity index (χ3n) is 2.22. The molecule has 2 aromatic rings. The Morgan fingerprint density at radius 2 is 1.65 bits per heavy atom. The zero-order valence-electron chi connectivity index (χ0n) is 9.37. The first-order valence-corrected chi connectivity index (χ1v) is 6.43. The highest BCUT2D eigenvalue weighted by molar-refractivity contribution is 7.99. The second-order valence-electron chi connectivity index (χ2n) is 3.48. The summed E-state index contributed by atoms with van der Waals surface area (Å²) in [6.07, 6.45) is 0. The Hall–Kier alpha value is -1.61. The van der Waals surface area contributed by atoms with Crippen molar-refractivity contribution in [1.29, 1.82) is 0 Å². The SMILES string of the molecule is Oc1ccccc1OCCSc1ccccc1. The molecule has 88 valence electrons. The zero-order valence-corrected chi connectivity index (χ0v) is 10.2. The lowest BCUT2D eigenvalue weighted by atomic mass is 10.3. The van der Waals surface area contributed by atoms with Gasteiger partial charge < -0.3 is 9.84 Å². The van der Waals surface area contributed by atoms with Gasteiger partial charge in [0.2, 0.25) is 0 Å². The molecule has 1 N–H and O–H groups in total. The summed E-state index contributed by atoms with van der Waals surface area (Å²) in [7, 11) is 0. The summed E-state index contributed by atoms with van der Waals surface area (Å²) in [6.45, 7) is 0.580. The number of phenolic OH excluding ortho intramolecular Hbond substituents is 1. The van der Waals surface area contributed by atoms with Crippen LogP contribution in [0.3, 0.4) is 0 Å². The van der Waals surface area contributed by atoms with Gasteiger partial charge in [0.15, 0.2) is 11.5 Å². The van der Waals surface area contributed by atoms with Crippen LogP contribution in [-0.4, -0.2) is 17.5 Å². The average Bonchev–Trinajstić information content (AvgIpc) is 2.38. The van der Waals surface area contributed by atoms with Crippen LogP contribution in [0.15, 0.2) is 59.5 Å². The fraction of sp³-hybridized carbons (Fsp3) is 0.143. The molecule has 2 nitrogen and oxygen atoms in total. The monoisotopic (exact) mass is 246 g/mol. The minimum Gasteiger partial charge on any atom is -0.504 e. The summed E-state index contributed by atoms with van der Waals surface area (Å²) in [4.78, 5) is 1.23. The Balaban J connectivity index is 1.76. The van der Waals surface area contributed by atoms with Crippen molar-refractivity contribution in [3.05, 3.63) is 54.6 Å². The number of benzene rings is 2. The lowest BCUT2D eigenvalue weighted by molar-refractivity contribution is 0.321. The van der Waals surface area contributed by atoms with Crippen molar-refractivity contribution in [2.24, 2.45) is 0 Å². The van der Waals surface area contributed by atoms with E-state index in [4.69, 9.17) is 4.74 Å². The average molecular weight is 246 g/mol. The third kappa shape index (κ3) is 3.71. The maximum Gasteiger partial charge on any atom is 0.160 e. The molecule has 0 aliphatic rings. The standard InChI is InChI=1S/C14H14O2S/c15-13-8-4-5-9-14(13)16-10-11-17-12-6-2-1-3-7-12/h1-9,15H,10-11H2. The highest BCUT2D eigenvalue weighted by Crippen LogP contribution is 2.25. The molecule has 0 radical (unpaired) electrons. The van der Waals surface area contributed by atoms with Crippen LogP contribution in [0.5, 0.6) is 11.5 Å². The van der Waals surface area contributed by atoms with Crippen molar-refractivity contribution in [3.63, 3.8) is 0 Å². The molecule has 3 heteroatoms. The van der Waals surface area contributed by atoms with Gasteiger partial charge in [-0.15, -0.1) is 11.8 Å². The number of rotatable bonds is 5. The summed E-state index contributed by atoms with van der Waals surface area (Å²) in [5.74, 6) is 1.59. The van der Waals surface area contributed by atoms with E-state index in [1.165, 1.54) is 4.90 Å². The maximum atomic E-state index is 9.50. The Kier molecular flexibility index (Phi) is 4.33. The summed E-state index contributed by atoms with van der Waals surface area (Å²) in [5.41, 5.74) is 0. The zero-order chi connectivity index (χ0) is 11.9. The van der Waals surface area contributed by atoms with Crippen molar-refractivity contribution in [3.8, 4) is 11.5 Å². The molecule has 0 aliphatic carbocycles. The number of phenols is 1. The maximum absolute atomic E-state index is 9.50. The Morgan fingerprint density at radius 3 is 2.41 bits per heavy atom. The van der Waals surface area contributed by atoms with Crippen molar-refractivity contribution in [1.82, 2.24) is 0 Å². The van der Waals surface area contributed by atoms with E-state index < -0.39 is 0 Å². The first-order valence-electron chi connectivity index (χ1n) is 5.45. The molecule has 2 aromatic carbocycles. The van der Waals surface area contributed by atoms with Crippen LogP contribution < -0.4 is 4.74 Å². The van der Waals surface area contributed by atoms with E-state index in [1.807, 2.05) is 24.3 Å². The molecule has 0 spiro atoms. The molecule has 0 unspecified atom stereocenters. The Labute approximate surface area is 105 Å². The van der Waals surface area contributed by atoms with Gasteiger partial charge in [-0.1, -0.05) is 30.3 Å². The van der Waals surface area contributed by atoms with Gasteiger partial charge in [0.1, 0.15) is 0 Å². The predicted octanol–water partition coefficient (Wildman–Crippen LogP) is 3.56. The highest BCUT2D eigenvalue weighted by atomic mass is 32.2. The number of hydrogen-bond acceptors (Lipinski definition) is 3. The minimum atomic E-state index is 0.192. The molecule has 0 aromatic heterocycles. The van der Waals surface area contributed by atoms with Crippen LogP contribution >= 0.6 is 11.8 Å². The van der Waals surface area contributed by atoms with Crippen LogP contribution in [0, 0.1) is 0 Å². The largest absolute Gasteiger partial charge is 0.504 e. The van der Waals surface area contributed by atoms with Crippen molar-refractivity contribution >= 4 is 11.8 Å². The van der Waals surface area contributed by atoms with E-state index >= 15 is 0 Å². The van der Waals surface area contributed by atoms with Crippen molar-refractivity contribution in [2.75, 3.05) is 12.4 Å². The molecule has 0 amide bonds. The lowest BCUT2D eigenvalue weighted by Crippen LogP contribution is -1.99. The molecule has 0 fully saturated rings. The summed E-state index contributed by atoms with van der Waals surface area (Å²) in [5, 5.41) is 9.50. The quantitative estimate of drug-likeness (QED) is 0.646. The molecule has 0 aliphatic heterocycles. The Morgan fingerprint density at radius 1 is 0.941 bits per heavy atom. The van der Waals surface area contributed by atoms with Gasteiger partial charge in [-0.05, 0) is 24.3 Å². The van der Waals surface area contributed by atoms with E-state index in [0.29, 0.717) is 12.4 Å². The molecule has 0 heterocycles. The van der Waals surface area contributed by atoms with Crippen LogP contribution in [0.4, 0.5) is 0 Å². The van der Waals surface area contributed by atoms with Crippen LogP contribution in [0.2, 0.25) is 0 Å². The van der Waals surface area contributed by atoms with Gasteiger partial charge in [-0.25, -0.2) is 0 Å². The second kappa shape index (κ2) is 6.21. The van der Waals surface area contributed by atoms with E-state index in [1.54, 1.807) is 30.0 Å². The molecule has 0 saturated carbocycles. The molecule has 0 atom stereocenters. The van der Waals surface area contributed by atoms with Gasteiger partial charge in [-0.3, -0.25) is 0 Å². The fourth-order valence-corrected chi connectivity index (χ4v) is 2.16. The van der Waals surface area contributed by atoms with Gasteiger partial charge in [-0.2, -0.15) is 0 Å². The summed E-state index contributed by atoms with van der Waals surface area (Å²) >= 11 is 1.74. The number of hydrogen-bond donors (Lipinski definition) is 1. The van der Waals surface area contributed by atoms with Crippen LogP contribution in [-0.2, 0) is 0 Å². The predicted molar refractivity (Wildman–Crippen MR) is 70.8 cm³/mol. The molecule has 0 saturated heterocycles. The molecule has 2 rings (SSSR count). The van der Waals surface area contributed by atoms with Crippen molar-refractivity contribution in [2.45, 2.75) is 4.90 Å². The van der Waals surface area contributed by atoms with Crippen LogP contribution in [0.1, 0.15) is 0 Å². The van der Waals surface area contributed by atoms with Gasteiger partial charge >= 0.3 is 0 Å².